The van der Waals surface area contributed by atoms with E-state index in [0.717, 1.165) is 0 Å². The first kappa shape index (κ1) is 12.6. The summed E-state index contributed by atoms with van der Waals surface area (Å²) in [5.74, 6) is -0.714. The van der Waals surface area contributed by atoms with Gasteiger partial charge in [-0.3, -0.25) is 9.36 Å². The van der Waals surface area contributed by atoms with Crippen molar-refractivity contribution in [2.75, 3.05) is 12.8 Å². The van der Waals surface area contributed by atoms with Crippen LogP contribution in [0.2, 0.25) is 0 Å². The van der Waals surface area contributed by atoms with Gasteiger partial charge in [-0.2, -0.15) is 0 Å². The van der Waals surface area contributed by atoms with Gasteiger partial charge in [0.2, 0.25) is 0 Å². The molecule has 0 amide bonds. The lowest BCUT2D eigenvalue weighted by Gasteiger charge is -2.13. The second kappa shape index (κ2) is 5.37. The van der Waals surface area contributed by atoms with Gasteiger partial charge in [-0.25, -0.2) is 0 Å². The summed E-state index contributed by atoms with van der Waals surface area (Å²) in [6, 6.07) is 0. The van der Waals surface area contributed by atoms with Gasteiger partial charge in [-0.05, 0) is 20.8 Å². The molecule has 0 aliphatic heterocycles. The van der Waals surface area contributed by atoms with E-state index in [-0.39, 0.29) is 12.7 Å². The summed E-state index contributed by atoms with van der Waals surface area (Å²) >= 11 is 0. The molecule has 0 aliphatic carbocycles. The number of hydrogen-bond donors (Lipinski definition) is 1. The van der Waals surface area contributed by atoms with Gasteiger partial charge in [0.1, 0.15) is 6.16 Å². The first-order valence-electron chi connectivity index (χ1n) is 4.03. The molecule has 0 aromatic heterocycles. The van der Waals surface area contributed by atoms with Crippen LogP contribution in [0.3, 0.4) is 0 Å². The van der Waals surface area contributed by atoms with Crippen LogP contribution in [-0.4, -0.2) is 29.7 Å². The fourth-order valence-corrected chi connectivity index (χ4v) is 1.89. The average molecular weight is 210 g/mol. The molecule has 0 aliphatic rings. The Morgan fingerprint density at radius 1 is 1.54 bits per heavy atom. The molecule has 78 valence electrons. The van der Waals surface area contributed by atoms with E-state index in [1.807, 2.05) is 0 Å². The maximum atomic E-state index is 11.1. The molecule has 0 bridgehead atoms. The molecule has 0 saturated carbocycles. The van der Waals surface area contributed by atoms with Gasteiger partial charge in [0, 0.05) is 0 Å². The van der Waals surface area contributed by atoms with Gasteiger partial charge in [0.25, 0.3) is 0 Å². The van der Waals surface area contributed by atoms with Crippen LogP contribution in [-0.2, 0) is 18.6 Å². The molecule has 0 rings (SSSR count). The van der Waals surface area contributed by atoms with E-state index in [0.29, 0.717) is 0 Å². The normalized spacial score (nSPS) is 15.5. The molecule has 0 aromatic carbocycles. The first-order valence-corrected chi connectivity index (χ1v) is 5.79. The Kier molecular flexibility index (Phi) is 5.21. The summed E-state index contributed by atoms with van der Waals surface area (Å²) in [6.45, 7) is 5.06. The van der Waals surface area contributed by atoms with E-state index in [1.165, 1.54) is 0 Å². The second-order valence-electron chi connectivity index (χ2n) is 2.75. The number of rotatable bonds is 5. The van der Waals surface area contributed by atoms with Gasteiger partial charge in [0.05, 0.1) is 12.7 Å². The average Bonchev–Trinajstić information content (AvgIpc) is 1.81. The monoisotopic (exact) mass is 210 g/mol. The molecule has 0 aromatic rings. The lowest BCUT2D eigenvalue weighted by Crippen LogP contribution is -2.13. The van der Waals surface area contributed by atoms with Crippen LogP contribution in [0.5, 0.6) is 0 Å². The van der Waals surface area contributed by atoms with Gasteiger partial charge in [-0.1, -0.05) is 0 Å². The molecule has 13 heavy (non-hydrogen) atoms. The van der Waals surface area contributed by atoms with Crippen molar-refractivity contribution in [2.24, 2.45) is 0 Å². The van der Waals surface area contributed by atoms with Gasteiger partial charge in [0.15, 0.2) is 0 Å². The van der Waals surface area contributed by atoms with Crippen molar-refractivity contribution in [3.05, 3.63) is 0 Å². The molecule has 1 unspecified atom stereocenters. The van der Waals surface area contributed by atoms with E-state index in [9.17, 15) is 9.36 Å². The fraction of sp³-hybridized carbons (Fsp3) is 0.857. The highest BCUT2D eigenvalue weighted by atomic mass is 31.2. The zero-order valence-corrected chi connectivity index (χ0v) is 8.91. The molecule has 0 heterocycles. The van der Waals surface area contributed by atoms with Crippen molar-refractivity contribution in [3.8, 4) is 0 Å². The number of hydrogen-bond acceptors (Lipinski definition) is 4. The summed E-state index contributed by atoms with van der Waals surface area (Å²) in [5.41, 5.74) is 0. The maximum absolute atomic E-state index is 11.1. The third kappa shape index (κ3) is 6.75. The lowest BCUT2D eigenvalue weighted by molar-refractivity contribution is -0.140. The van der Waals surface area contributed by atoms with Crippen molar-refractivity contribution in [1.82, 2.24) is 0 Å². The molecule has 6 heteroatoms. The van der Waals surface area contributed by atoms with E-state index >= 15 is 0 Å². The number of ether oxygens (including phenoxy) is 1. The Hall–Kier alpha value is -0.380. The summed E-state index contributed by atoms with van der Waals surface area (Å²) < 4.78 is 20.3. The quantitative estimate of drug-likeness (QED) is 0.544. The Labute approximate surface area is 77.6 Å². The predicted molar refractivity (Wildman–Crippen MR) is 47.5 cm³/mol. The zero-order chi connectivity index (χ0) is 10.5. The van der Waals surface area contributed by atoms with Crippen molar-refractivity contribution in [2.45, 2.75) is 26.9 Å². The Morgan fingerprint density at radius 2 is 2.08 bits per heavy atom. The minimum atomic E-state index is -3.81. The number of carbonyl (C=O) groups is 1. The minimum Gasteiger partial charge on any atom is -0.466 e. The van der Waals surface area contributed by atoms with Crippen LogP contribution in [0.4, 0.5) is 0 Å². The van der Waals surface area contributed by atoms with Crippen molar-refractivity contribution >= 4 is 13.6 Å². The van der Waals surface area contributed by atoms with E-state index in [4.69, 9.17) is 4.89 Å². The van der Waals surface area contributed by atoms with Gasteiger partial charge >= 0.3 is 13.6 Å². The summed E-state index contributed by atoms with van der Waals surface area (Å²) in [7, 11) is -3.81. The molecule has 5 nitrogen and oxygen atoms in total. The van der Waals surface area contributed by atoms with Crippen LogP contribution in [0, 0.1) is 0 Å². The molecular weight excluding hydrogens is 195 g/mol. The van der Waals surface area contributed by atoms with E-state index < -0.39 is 19.7 Å². The highest BCUT2D eigenvalue weighted by Gasteiger charge is 2.25. The molecule has 0 radical (unpaired) electrons. The molecule has 0 saturated heterocycles. The molecular formula is C7H15O5P. The lowest BCUT2D eigenvalue weighted by atomic mass is 10.5. The third-order valence-electron chi connectivity index (χ3n) is 1.01. The van der Waals surface area contributed by atoms with Crippen LogP contribution < -0.4 is 0 Å². The standard InChI is InChI=1S/C7H15O5P/c1-4-11-7(8)5-13(9,10)12-6(2)3/h6H,4-5H2,1-3H3,(H,9,10). The number of carbonyl (C=O) groups excluding carboxylic acids is 1. The highest BCUT2D eigenvalue weighted by molar-refractivity contribution is 7.53. The van der Waals surface area contributed by atoms with Crippen LogP contribution >= 0.6 is 7.60 Å². The summed E-state index contributed by atoms with van der Waals surface area (Å²) in [5, 5.41) is 0. The van der Waals surface area contributed by atoms with Crippen LogP contribution in [0.15, 0.2) is 0 Å². The van der Waals surface area contributed by atoms with Crippen molar-refractivity contribution in [1.29, 1.82) is 0 Å². The van der Waals surface area contributed by atoms with Gasteiger partial charge < -0.3 is 14.2 Å². The molecule has 1 atom stereocenters. The topological polar surface area (TPSA) is 72.8 Å². The fourth-order valence-electron chi connectivity index (χ4n) is 0.736. The predicted octanol–water partition coefficient (Wildman–Crippen LogP) is 1.16. The third-order valence-corrected chi connectivity index (χ3v) is 2.42. The van der Waals surface area contributed by atoms with Crippen LogP contribution in [0.25, 0.3) is 0 Å². The smallest absolute Gasteiger partial charge is 0.339 e. The van der Waals surface area contributed by atoms with Crippen molar-refractivity contribution < 1.29 is 23.5 Å². The highest BCUT2D eigenvalue weighted by Crippen LogP contribution is 2.42. The van der Waals surface area contributed by atoms with E-state index in [2.05, 4.69) is 9.26 Å². The van der Waals surface area contributed by atoms with E-state index in [1.54, 1.807) is 20.8 Å². The maximum Gasteiger partial charge on any atom is 0.339 e. The minimum absolute atomic E-state index is 0.195. The zero-order valence-electron chi connectivity index (χ0n) is 8.02. The van der Waals surface area contributed by atoms with Gasteiger partial charge in [-0.15, -0.1) is 0 Å². The Balaban J connectivity index is 4.02. The SMILES string of the molecule is CCOC(=O)CP(=O)(O)OC(C)C. The Morgan fingerprint density at radius 3 is 2.46 bits per heavy atom. The number of esters is 1. The summed E-state index contributed by atoms with van der Waals surface area (Å²) in [4.78, 5) is 19.9. The largest absolute Gasteiger partial charge is 0.466 e. The Bertz CT molecular complexity index is 213. The molecule has 0 spiro atoms. The summed E-state index contributed by atoms with van der Waals surface area (Å²) in [6.07, 6.45) is -0.968. The van der Waals surface area contributed by atoms with Crippen LogP contribution in [0.1, 0.15) is 20.8 Å². The molecule has 1 N–H and O–H groups in total. The first-order chi connectivity index (χ1) is 5.87. The second-order valence-corrected chi connectivity index (χ2v) is 4.56. The van der Waals surface area contributed by atoms with Crippen molar-refractivity contribution in [3.63, 3.8) is 0 Å². The molecule has 0 fully saturated rings.